The third-order valence-electron chi connectivity index (χ3n) is 1.80. The van der Waals surface area contributed by atoms with E-state index in [0.717, 1.165) is 12.1 Å². The molecule has 1 rings (SSSR count). The molecule has 0 aliphatic carbocycles. The Morgan fingerprint density at radius 2 is 1.85 bits per heavy atom. The maximum atomic E-state index is 12.7. The van der Waals surface area contributed by atoms with Crippen LogP contribution in [0, 0.1) is 11.6 Å². The number of benzene rings is 1. The standard InChI is InChI=1S/C9H10F2O2/c1-5(13)7-3-9(11)8(10)2-6(7)4-12/h2-3,5,12-13H,4H2,1H3. The van der Waals surface area contributed by atoms with Gasteiger partial charge >= 0.3 is 0 Å². The number of hydrogen-bond acceptors (Lipinski definition) is 2. The van der Waals surface area contributed by atoms with Gasteiger partial charge in [-0.25, -0.2) is 8.78 Å². The van der Waals surface area contributed by atoms with Crippen LogP contribution in [0.15, 0.2) is 12.1 Å². The van der Waals surface area contributed by atoms with Crippen LogP contribution in [-0.2, 0) is 6.61 Å². The first kappa shape index (κ1) is 10.1. The third-order valence-corrected chi connectivity index (χ3v) is 1.80. The lowest BCUT2D eigenvalue weighted by molar-refractivity contribution is 0.192. The van der Waals surface area contributed by atoms with Crippen molar-refractivity contribution < 1.29 is 19.0 Å². The van der Waals surface area contributed by atoms with Crippen molar-refractivity contribution in [1.82, 2.24) is 0 Å². The van der Waals surface area contributed by atoms with E-state index < -0.39 is 24.3 Å². The van der Waals surface area contributed by atoms with Gasteiger partial charge in [-0.1, -0.05) is 0 Å². The van der Waals surface area contributed by atoms with E-state index >= 15 is 0 Å². The van der Waals surface area contributed by atoms with Gasteiger partial charge in [-0.15, -0.1) is 0 Å². The molecule has 72 valence electrons. The fourth-order valence-electron chi connectivity index (χ4n) is 1.13. The Balaban J connectivity index is 3.25. The lowest BCUT2D eigenvalue weighted by atomic mass is 10.0. The summed E-state index contributed by atoms with van der Waals surface area (Å²) in [5, 5.41) is 17.9. The highest BCUT2D eigenvalue weighted by Gasteiger charge is 2.12. The Morgan fingerprint density at radius 3 is 2.31 bits per heavy atom. The summed E-state index contributed by atoms with van der Waals surface area (Å²) in [7, 11) is 0. The summed E-state index contributed by atoms with van der Waals surface area (Å²) >= 11 is 0. The lowest BCUT2D eigenvalue weighted by Gasteiger charge is -2.10. The second-order valence-corrected chi connectivity index (χ2v) is 2.80. The largest absolute Gasteiger partial charge is 0.392 e. The highest BCUT2D eigenvalue weighted by molar-refractivity contribution is 5.29. The van der Waals surface area contributed by atoms with Crippen LogP contribution >= 0.6 is 0 Å². The van der Waals surface area contributed by atoms with Gasteiger partial charge in [0.1, 0.15) is 0 Å². The van der Waals surface area contributed by atoms with Gasteiger partial charge in [0.15, 0.2) is 11.6 Å². The smallest absolute Gasteiger partial charge is 0.159 e. The van der Waals surface area contributed by atoms with Crippen molar-refractivity contribution in [2.75, 3.05) is 0 Å². The second kappa shape index (κ2) is 3.81. The Hall–Kier alpha value is -1.00. The van der Waals surface area contributed by atoms with Crippen molar-refractivity contribution in [2.24, 2.45) is 0 Å². The number of aliphatic hydroxyl groups is 2. The van der Waals surface area contributed by atoms with Gasteiger partial charge < -0.3 is 10.2 Å². The van der Waals surface area contributed by atoms with E-state index in [1.54, 1.807) is 0 Å². The van der Waals surface area contributed by atoms with Crippen LogP contribution in [0.25, 0.3) is 0 Å². The van der Waals surface area contributed by atoms with Crippen molar-refractivity contribution in [3.63, 3.8) is 0 Å². The highest BCUT2D eigenvalue weighted by Crippen LogP contribution is 2.21. The molecular formula is C9H10F2O2. The predicted octanol–water partition coefficient (Wildman–Crippen LogP) is 1.51. The van der Waals surface area contributed by atoms with Gasteiger partial charge in [-0.3, -0.25) is 0 Å². The molecule has 0 spiro atoms. The minimum Gasteiger partial charge on any atom is -0.392 e. The minimum atomic E-state index is -1.02. The summed E-state index contributed by atoms with van der Waals surface area (Å²) in [6.07, 6.45) is -0.919. The zero-order valence-corrected chi connectivity index (χ0v) is 7.09. The molecular weight excluding hydrogens is 178 g/mol. The highest BCUT2D eigenvalue weighted by atomic mass is 19.2. The summed E-state index contributed by atoms with van der Waals surface area (Å²) in [6.45, 7) is 1.00. The summed E-state index contributed by atoms with van der Waals surface area (Å²) in [5.74, 6) is -2.04. The quantitative estimate of drug-likeness (QED) is 0.738. The van der Waals surface area contributed by atoms with E-state index in [0.29, 0.717) is 0 Å². The minimum absolute atomic E-state index is 0.203. The molecule has 1 aromatic rings. The predicted molar refractivity (Wildman–Crippen MR) is 42.9 cm³/mol. The maximum absolute atomic E-state index is 12.7. The summed E-state index contributed by atoms with van der Waals surface area (Å²) in [4.78, 5) is 0. The fraction of sp³-hybridized carbons (Fsp3) is 0.333. The van der Waals surface area contributed by atoms with Crippen molar-refractivity contribution in [3.05, 3.63) is 34.9 Å². The van der Waals surface area contributed by atoms with E-state index in [2.05, 4.69) is 0 Å². The molecule has 1 atom stereocenters. The van der Waals surface area contributed by atoms with Crippen LogP contribution < -0.4 is 0 Å². The zero-order valence-electron chi connectivity index (χ0n) is 7.09. The van der Waals surface area contributed by atoms with E-state index in [-0.39, 0.29) is 11.1 Å². The zero-order chi connectivity index (χ0) is 10.0. The van der Waals surface area contributed by atoms with Crippen molar-refractivity contribution in [1.29, 1.82) is 0 Å². The summed E-state index contributed by atoms with van der Waals surface area (Å²) < 4.78 is 25.3. The molecule has 0 aromatic heterocycles. The van der Waals surface area contributed by atoms with Crippen LogP contribution in [0.2, 0.25) is 0 Å². The Bertz CT molecular complexity index is 311. The number of rotatable bonds is 2. The first-order chi connectivity index (χ1) is 6.06. The lowest BCUT2D eigenvalue weighted by Crippen LogP contribution is -2.01. The summed E-state index contributed by atoms with van der Waals surface area (Å²) in [6, 6.07) is 1.78. The molecule has 0 saturated carbocycles. The number of hydrogen-bond donors (Lipinski definition) is 2. The third kappa shape index (κ3) is 2.02. The average molecular weight is 188 g/mol. The van der Waals surface area contributed by atoms with Gasteiger partial charge in [-0.2, -0.15) is 0 Å². The molecule has 0 fully saturated rings. The molecule has 0 aliphatic rings. The van der Waals surface area contributed by atoms with Crippen LogP contribution in [0.5, 0.6) is 0 Å². The molecule has 13 heavy (non-hydrogen) atoms. The van der Waals surface area contributed by atoms with E-state index in [9.17, 15) is 8.78 Å². The van der Waals surface area contributed by atoms with Crippen molar-refractivity contribution >= 4 is 0 Å². The molecule has 0 radical (unpaired) electrons. The van der Waals surface area contributed by atoms with E-state index in [4.69, 9.17) is 10.2 Å². The molecule has 0 saturated heterocycles. The summed E-state index contributed by atoms with van der Waals surface area (Å²) in [5.41, 5.74) is 0.412. The van der Waals surface area contributed by atoms with Gasteiger partial charge in [-0.05, 0) is 30.2 Å². The fourth-order valence-corrected chi connectivity index (χ4v) is 1.13. The van der Waals surface area contributed by atoms with Gasteiger partial charge in [0.25, 0.3) is 0 Å². The van der Waals surface area contributed by atoms with Crippen molar-refractivity contribution in [2.45, 2.75) is 19.6 Å². The Morgan fingerprint density at radius 1 is 1.31 bits per heavy atom. The van der Waals surface area contributed by atoms with E-state index in [1.165, 1.54) is 6.92 Å². The average Bonchev–Trinajstić information content (AvgIpc) is 2.08. The van der Waals surface area contributed by atoms with Gasteiger partial charge in [0.2, 0.25) is 0 Å². The van der Waals surface area contributed by atoms with Crippen molar-refractivity contribution in [3.8, 4) is 0 Å². The number of halogens is 2. The maximum Gasteiger partial charge on any atom is 0.159 e. The first-order valence-corrected chi connectivity index (χ1v) is 3.83. The van der Waals surface area contributed by atoms with Crippen LogP contribution in [0.3, 0.4) is 0 Å². The van der Waals surface area contributed by atoms with Crippen LogP contribution in [0.4, 0.5) is 8.78 Å². The molecule has 0 bridgehead atoms. The Kier molecular flexibility index (Phi) is 2.95. The molecule has 2 nitrogen and oxygen atoms in total. The normalized spacial score (nSPS) is 13.0. The van der Waals surface area contributed by atoms with Crippen LogP contribution in [0.1, 0.15) is 24.2 Å². The molecule has 1 unspecified atom stereocenters. The number of aliphatic hydroxyl groups excluding tert-OH is 2. The Labute approximate surface area is 74.4 Å². The monoisotopic (exact) mass is 188 g/mol. The molecule has 4 heteroatoms. The topological polar surface area (TPSA) is 40.5 Å². The SMILES string of the molecule is CC(O)c1cc(F)c(F)cc1CO. The first-order valence-electron chi connectivity index (χ1n) is 3.83. The second-order valence-electron chi connectivity index (χ2n) is 2.80. The molecule has 2 N–H and O–H groups in total. The molecule has 0 heterocycles. The molecule has 0 amide bonds. The van der Waals surface area contributed by atoms with E-state index in [1.807, 2.05) is 0 Å². The van der Waals surface area contributed by atoms with Gasteiger partial charge in [0.05, 0.1) is 12.7 Å². The molecule has 0 aliphatic heterocycles. The molecule has 1 aromatic carbocycles. The van der Waals surface area contributed by atoms with Gasteiger partial charge in [0, 0.05) is 0 Å². The van der Waals surface area contributed by atoms with Crippen LogP contribution in [-0.4, -0.2) is 10.2 Å².